The summed E-state index contributed by atoms with van der Waals surface area (Å²) in [5.74, 6) is 0.396. The summed E-state index contributed by atoms with van der Waals surface area (Å²) in [6, 6.07) is 15.5. The van der Waals surface area contributed by atoms with Crippen molar-refractivity contribution >= 4 is 17.5 Å². The van der Waals surface area contributed by atoms with Gasteiger partial charge in [-0.3, -0.25) is 9.59 Å². The lowest BCUT2D eigenvalue weighted by atomic mass is 9.95. The number of likely N-dealkylation sites (tertiary alicyclic amines) is 1. The van der Waals surface area contributed by atoms with Gasteiger partial charge in [0.05, 0.1) is 6.04 Å². The zero-order chi connectivity index (χ0) is 20.4. The van der Waals surface area contributed by atoms with Crippen LogP contribution in [-0.2, 0) is 22.6 Å². The fourth-order valence-electron chi connectivity index (χ4n) is 4.31. The molecule has 0 aromatic heterocycles. The number of carbonyl (C=O) groups excluding carboxylic acids is 2. The second kappa shape index (κ2) is 8.37. The zero-order valence-electron chi connectivity index (χ0n) is 17.2. The molecule has 0 spiro atoms. The van der Waals surface area contributed by atoms with Crippen LogP contribution in [0.25, 0.3) is 0 Å². The van der Waals surface area contributed by atoms with Gasteiger partial charge in [-0.25, -0.2) is 0 Å². The highest BCUT2D eigenvalue weighted by molar-refractivity contribution is 5.98. The van der Waals surface area contributed by atoms with E-state index in [0.717, 1.165) is 12.1 Å². The normalized spacial score (nSPS) is 21.1. The van der Waals surface area contributed by atoms with Crippen molar-refractivity contribution < 1.29 is 9.59 Å². The van der Waals surface area contributed by atoms with Crippen molar-refractivity contribution in [3.63, 3.8) is 0 Å². The Morgan fingerprint density at radius 1 is 1.07 bits per heavy atom. The summed E-state index contributed by atoms with van der Waals surface area (Å²) in [4.78, 5) is 27.9. The number of benzene rings is 2. The van der Waals surface area contributed by atoms with E-state index in [1.54, 1.807) is 4.90 Å². The summed E-state index contributed by atoms with van der Waals surface area (Å²) in [6.07, 6.45) is 2.25. The van der Waals surface area contributed by atoms with Gasteiger partial charge in [-0.15, -0.1) is 0 Å². The Hall–Kier alpha value is -2.66. The smallest absolute Gasteiger partial charge is 0.247 e. The van der Waals surface area contributed by atoms with Gasteiger partial charge < -0.3 is 15.5 Å². The van der Waals surface area contributed by atoms with Crippen LogP contribution in [0.3, 0.4) is 0 Å². The van der Waals surface area contributed by atoms with E-state index in [2.05, 4.69) is 36.6 Å². The van der Waals surface area contributed by atoms with Crippen LogP contribution in [0.5, 0.6) is 0 Å². The highest BCUT2D eigenvalue weighted by Gasteiger charge is 2.38. The van der Waals surface area contributed by atoms with Crippen LogP contribution in [0.4, 0.5) is 5.69 Å². The molecule has 0 aliphatic carbocycles. The summed E-state index contributed by atoms with van der Waals surface area (Å²) < 4.78 is 0. The van der Waals surface area contributed by atoms with E-state index in [9.17, 15) is 9.59 Å². The molecule has 2 aromatic rings. The third kappa shape index (κ3) is 4.20. The van der Waals surface area contributed by atoms with E-state index < -0.39 is 6.04 Å². The Kier molecular flexibility index (Phi) is 5.67. The van der Waals surface area contributed by atoms with Crippen LogP contribution in [0.2, 0.25) is 0 Å². The molecule has 2 heterocycles. The predicted molar refractivity (Wildman–Crippen MR) is 115 cm³/mol. The monoisotopic (exact) mass is 391 g/mol. The molecule has 0 unspecified atom stereocenters. The minimum absolute atomic E-state index is 0.0345. The summed E-state index contributed by atoms with van der Waals surface area (Å²) in [7, 11) is 0. The van der Waals surface area contributed by atoms with Crippen LogP contribution in [0, 0.1) is 0 Å². The Morgan fingerprint density at radius 2 is 1.79 bits per heavy atom. The molecule has 1 fully saturated rings. The van der Waals surface area contributed by atoms with Crippen LogP contribution in [0.15, 0.2) is 48.5 Å². The van der Waals surface area contributed by atoms with Gasteiger partial charge in [0.1, 0.15) is 6.04 Å². The fraction of sp³-hybridized carbons (Fsp3) is 0.417. The second-order valence-corrected chi connectivity index (χ2v) is 8.36. The molecule has 2 atom stereocenters. The van der Waals surface area contributed by atoms with Crippen molar-refractivity contribution in [3.8, 4) is 0 Å². The van der Waals surface area contributed by atoms with Gasteiger partial charge in [0.25, 0.3) is 0 Å². The number of hydrogen-bond acceptors (Lipinski definition) is 3. The number of amides is 2. The Labute approximate surface area is 172 Å². The molecule has 1 saturated heterocycles. The van der Waals surface area contributed by atoms with E-state index in [4.69, 9.17) is 0 Å². The van der Waals surface area contributed by atoms with Crippen LogP contribution in [-0.4, -0.2) is 35.3 Å². The highest BCUT2D eigenvalue weighted by atomic mass is 16.2. The van der Waals surface area contributed by atoms with Crippen molar-refractivity contribution in [1.29, 1.82) is 0 Å². The lowest BCUT2D eigenvalue weighted by Crippen LogP contribution is -2.53. The molecule has 0 bridgehead atoms. The maximum Gasteiger partial charge on any atom is 0.247 e. The third-order valence-electron chi connectivity index (χ3n) is 6.06. The van der Waals surface area contributed by atoms with Gasteiger partial charge in [0.2, 0.25) is 11.8 Å². The van der Waals surface area contributed by atoms with Crippen LogP contribution in [0.1, 0.15) is 49.3 Å². The van der Waals surface area contributed by atoms with E-state index in [-0.39, 0.29) is 17.9 Å². The number of anilines is 1. The van der Waals surface area contributed by atoms with Gasteiger partial charge in [0.15, 0.2) is 0 Å². The summed E-state index contributed by atoms with van der Waals surface area (Å²) in [5.41, 5.74) is 4.49. The van der Waals surface area contributed by atoms with E-state index in [1.807, 2.05) is 36.4 Å². The number of carbonyl (C=O) groups is 2. The predicted octanol–water partition coefficient (Wildman–Crippen LogP) is 3.45. The van der Waals surface area contributed by atoms with Crippen molar-refractivity contribution in [3.05, 3.63) is 65.2 Å². The van der Waals surface area contributed by atoms with Gasteiger partial charge in [-0.2, -0.15) is 0 Å². The standard InChI is InChI=1S/C24H29N3O2/c1-16(2)17-9-11-20(12-10-17)26-23(28)22-8-5-13-27(22)24(29)21-14-18-6-3-4-7-19(18)15-25-21/h3-4,6-7,9-12,16,21-22,25H,5,8,13-15H2,1-2H3,(H,26,28)/t21-,22-/m0/s1. The number of rotatable bonds is 4. The van der Waals surface area contributed by atoms with Gasteiger partial charge in [-0.1, -0.05) is 50.2 Å². The molecular weight excluding hydrogens is 362 g/mol. The molecule has 2 N–H and O–H groups in total. The van der Waals surface area contributed by atoms with E-state index in [0.29, 0.717) is 31.8 Å². The summed E-state index contributed by atoms with van der Waals surface area (Å²) in [5, 5.41) is 6.36. The molecule has 4 rings (SSSR count). The average Bonchev–Trinajstić information content (AvgIpc) is 3.23. The quantitative estimate of drug-likeness (QED) is 0.839. The minimum Gasteiger partial charge on any atom is -0.329 e. The number of nitrogens with zero attached hydrogens (tertiary/aromatic N) is 1. The molecule has 29 heavy (non-hydrogen) atoms. The van der Waals surface area contributed by atoms with E-state index in [1.165, 1.54) is 16.7 Å². The number of hydrogen-bond donors (Lipinski definition) is 2. The SMILES string of the molecule is CC(C)c1ccc(NC(=O)[C@@H]2CCCN2C(=O)[C@@H]2Cc3ccccc3CN2)cc1. The molecule has 0 radical (unpaired) electrons. The Morgan fingerprint density at radius 3 is 2.52 bits per heavy atom. The molecule has 2 aliphatic rings. The maximum atomic E-state index is 13.2. The lowest BCUT2D eigenvalue weighted by molar-refractivity contribution is -0.138. The topological polar surface area (TPSA) is 61.4 Å². The zero-order valence-corrected chi connectivity index (χ0v) is 17.2. The van der Waals surface area contributed by atoms with Gasteiger partial charge in [0, 0.05) is 18.8 Å². The first-order valence-corrected chi connectivity index (χ1v) is 10.5. The molecule has 2 aliphatic heterocycles. The summed E-state index contributed by atoms with van der Waals surface area (Å²) in [6.45, 7) is 5.63. The second-order valence-electron chi connectivity index (χ2n) is 8.36. The maximum absolute atomic E-state index is 13.2. The van der Waals surface area contributed by atoms with Crippen molar-refractivity contribution in [2.45, 2.75) is 57.7 Å². The number of nitrogens with one attached hydrogen (secondary N) is 2. The molecule has 2 aromatic carbocycles. The third-order valence-corrected chi connectivity index (χ3v) is 6.06. The molecule has 5 nitrogen and oxygen atoms in total. The first kappa shape index (κ1) is 19.6. The molecule has 0 saturated carbocycles. The van der Waals surface area contributed by atoms with Crippen molar-refractivity contribution in [2.24, 2.45) is 0 Å². The minimum atomic E-state index is -0.397. The first-order valence-electron chi connectivity index (χ1n) is 10.5. The summed E-state index contributed by atoms with van der Waals surface area (Å²) >= 11 is 0. The largest absolute Gasteiger partial charge is 0.329 e. The van der Waals surface area contributed by atoms with Crippen molar-refractivity contribution in [1.82, 2.24) is 10.2 Å². The molecule has 5 heteroatoms. The molecular formula is C24H29N3O2. The van der Waals surface area contributed by atoms with Crippen molar-refractivity contribution in [2.75, 3.05) is 11.9 Å². The van der Waals surface area contributed by atoms with Crippen LogP contribution >= 0.6 is 0 Å². The number of fused-ring (bicyclic) bond motifs is 1. The Bertz CT molecular complexity index is 891. The molecule has 152 valence electrons. The Balaban J connectivity index is 1.42. The highest BCUT2D eigenvalue weighted by Crippen LogP contribution is 2.24. The average molecular weight is 392 g/mol. The van der Waals surface area contributed by atoms with Crippen LogP contribution < -0.4 is 10.6 Å². The van der Waals surface area contributed by atoms with Gasteiger partial charge >= 0.3 is 0 Å². The van der Waals surface area contributed by atoms with E-state index >= 15 is 0 Å². The first-order chi connectivity index (χ1) is 14.0. The molecule has 2 amide bonds. The fourth-order valence-corrected chi connectivity index (χ4v) is 4.31. The van der Waals surface area contributed by atoms with Gasteiger partial charge in [-0.05, 0) is 54.0 Å². The lowest BCUT2D eigenvalue weighted by Gasteiger charge is -2.31.